The third kappa shape index (κ3) is 2.70. The molecule has 14 heavy (non-hydrogen) atoms. The van der Waals surface area contributed by atoms with Crippen LogP contribution in [0.4, 0.5) is 0 Å². The number of nitrogens with zero attached hydrogens (tertiary/aromatic N) is 2. The number of aromatic nitrogens is 2. The van der Waals surface area contributed by atoms with Crippen LogP contribution in [0.3, 0.4) is 0 Å². The summed E-state index contributed by atoms with van der Waals surface area (Å²) in [7, 11) is 0. The summed E-state index contributed by atoms with van der Waals surface area (Å²) in [6, 6.07) is 0. The van der Waals surface area contributed by atoms with Crippen molar-refractivity contribution in [3.63, 3.8) is 0 Å². The Labute approximate surface area is 108 Å². The summed E-state index contributed by atoms with van der Waals surface area (Å²) in [4.78, 5) is 8.53. The van der Waals surface area contributed by atoms with Crippen LogP contribution in [0.2, 0.25) is 5.15 Å². The molecule has 0 aliphatic heterocycles. The van der Waals surface area contributed by atoms with Crippen molar-refractivity contribution in [3.05, 3.63) is 20.2 Å². The monoisotopic (exact) mass is 344 g/mol. The normalized spacial score (nSPS) is 13.4. The van der Waals surface area contributed by atoms with E-state index in [1.165, 1.54) is 0 Å². The maximum absolute atomic E-state index is 5.99. The highest BCUT2D eigenvalue weighted by molar-refractivity contribution is 14.1. The zero-order valence-corrected chi connectivity index (χ0v) is 11.9. The molecular weight excluding hydrogens is 334 g/mol. The molecule has 0 saturated heterocycles. The van der Waals surface area contributed by atoms with Gasteiger partial charge in [-0.3, -0.25) is 0 Å². The number of halogens is 3. The van der Waals surface area contributed by atoms with E-state index in [2.05, 4.69) is 46.4 Å². The van der Waals surface area contributed by atoms with E-state index in [1.807, 2.05) is 6.92 Å². The Morgan fingerprint density at radius 1 is 1.21 bits per heavy atom. The summed E-state index contributed by atoms with van der Waals surface area (Å²) < 4.78 is 0.917. The lowest BCUT2D eigenvalue weighted by Gasteiger charge is -2.11. The third-order valence-corrected chi connectivity index (χ3v) is 3.61. The van der Waals surface area contributed by atoms with Gasteiger partial charge >= 0.3 is 0 Å². The molecule has 0 spiro atoms. The zero-order chi connectivity index (χ0) is 10.9. The maximum atomic E-state index is 5.99. The number of hydrogen-bond acceptors (Lipinski definition) is 2. The van der Waals surface area contributed by atoms with Gasteiger partial charge in [0.15, 0.2) is 0 Å². The van der Waals surface area contributed by atoms with E-state index in [4.69, 9.17) is 23.2 Å². The van der Waals surface area contributed by atoms with Crippen LogP contribution in [0.15, 0.2) is 0 Å². The van der Waals surface area contributed by atoms with Gasteiger partial charge in [0, 0.05) is 0 Å². The Hall–Kier alpha value is 0.390. The lowest BCUT2D eigenvalue weighted by Crippen LogP contribution is -2.05. The van der Waals surface area contributed by atoms with Gasteiger partial charge in [0.1, 0.15) is 11.0 Å². The average molecular weight is 345 g/mol. The fourth-order valence-electron chi connectivity index (χ4n) is 1.01. The molecule has 0 N–H and O–H groups in total. The molecule has 1 aromatic rings. The van der Waals surface area contributed by atoms with Gasteiger partial charge in [0.2, 0.25) is 0 Å². The predicted molar refractivity (Wildman–Crippen MR) is 68.1 cm³/mol. The molecule has 0 aromatic carbocycles. The van der Waals surface area contributed by atoms with Crippen LogP contribution in [0.1, 0.15) is 43.6 Å². The molecule has 78 valence electrons. The van der Waals surface area contributed by atoms with Crippen LogP contribution in [0, 0.1) is 3.57 Å². The molecular formula is C9H11Cl2IN2. The first-order valence-electron chi connectivity index (χ1n) is 4.30. The van der Waals surface area contributed by atoms with Gasteiger partial charge in [0.25, 0.3) is 0 Å². The van der Waals surface area contributed by atoms with E-state index in [9.17, 15) is 0 Å². The second kappa shape index (κ2) is 4.94. The molecule has 0 saturated carbocycles. The molecule has 0 aliphatic rings. The minimum absolute atomic E-state index is 0.206. The summed E-state index contributed by atoms with van der Waals surface area (Å²) in [5, 5.41) is 0.286. The lowest BCUT2D eigenvalue weighted by molar-refractivity contribution is 0.772. The van der Waals surface area contributed by atoms with Gasteiger partial charge in [-0.05, 0) is 35.4 Å². The second-order valence-corrected chi connectivity index (χ2v) is 5.43. The number of rotatable bonds is 2. The summed E-state index contributed by atoms with van der Waals surface area (Å²) in [5.41, 5.74) is 0.966. The van der Waals surface area contributed by atoms with Crippen molar-refractivity contribution >= 4 is 45.8 Å². The van der Waals surface area contributed by atoms with E-state index in [0.29, 0.717) is 16.9 Å². The summed E-state index contributed by atoms with van der Waals surface area (Å²) in [5.74, 6) is 0.928. The maximum Gasteiger partial charge on any atom is 0.147 e. The highest BCUT2D eigenvalue weighted by Crippen LogP contribution is 2.27. The molecule has 1 heterocycles. The van der Waals surface area contributed by atoms with Gasteiger partial charge in [-0.25, -0.2) is 9.97 Å². The Kier molecular flexibility index (Phi) is 4.40. The lowest BCUT2D eigenvalue weighted by atomic mass is 10.1. The Morgan fingerprint density at radius 3 is 2.21 bits per heavy atom. The molecule has 0 fully saturated rings. The highest BCUT2D eigenvalue weighted by Gasteiger charge is 2.15. The van der Waals surface area contributed by atoms with E-state index < -0.39 is 0 Å². The number of hydrogen-bond donors (Lipinski definition) is 0. The standard InChI is InChI=1S/C9H11Cl2IN2/c1-4(2)7-6(12)8(11)14-9(13-7)5(3)10/h4-5H,1-3H3. The molecule has 1 unspecified atom stereocenters. The van der Waals surface area contributed by atoms with Crippen LogP contribution in [-0.4, -0.2) is 9.97 Å². The van der Waals surface area contributed by atoms with Crippen LogP contribution >= 0.6 is 45.8 Å². The molecule has 1 aromatic heterocycles. The average Bonchev–Trinajstić information content (AvgIpc) is 2.08. The van der Waals surface area contributed by atoms with E-state index in [1.54, 1.807) is 0 Å². The van der Waals surface area contributed by atoms with Gasteiger partial charge in [0.05, 0.1) is 14.6 Å². The van der Waals surface area contributed by atoms with Gasteiger partial charge in [-0.15, -0.1) is 11.6 Å². The van der Waals surface area contributed by atoms with Crippen molar-refractivity contribution in [2.75, 3.05) is 0 Å². The third-order valence-electron chi connectivity index (χ3n) is 1.76. The van der Waals surface area contributed by atoms with E-state index >= 15 is 0 Å². The molecule has 2 nitrogen and oxygen atoms in total. The highest BCUT2D eigenvalue weighted by atomic mass is 127. The molecule has 0 bridgehead atoms. The molecule has 1 atom stereocenters. The fourth-order valence-corrected chi connectivity index (χ4v) is 2.16. The molecule has 0 radical (unpaired) electrons. The summed E-state index contributed by atoms with van der Waals surface area (Å²) in [6.45, 7) is 5.98. The first-order valence-corrected chi connectivity index (χ1v) is 6.19. The molecule has 5 heteroatoms. The van der Waals surface area contributed by atoms with Crippen molar-refractivity contribution in [1.82, 2.24) is 9.97 Å². The van der Waals surface area contributed by atoms with Crippen molar-refractivity contribution in [1.29, 1.82) is 0 Å². The zero-order valence-electron chi connectivity index (χ0n) is 8.18. The predicted octanol–water partition coefficient (Wildman–Crippen LogP) is 4.16. The molecule has 0 amide bonds. The summed E-state index contributed by atoms with van der Waals surface area (Å²) >= 11 is 14.1. The van der Waals surface area contributed by atoms with Crippen LogP contribution in [0.5, 0.6) is 0 Å². The molecule has 1 rings (SSSR count). The van der Waals surface area contributed by atoms with Gasteiger partial charge in [-0.2, -0.15) is 0 Å². The first kappa shape index (κ1) is 12.5. The minimum Gasteiger partial charge on any atom is -0.235 e. The molecule has 0 aliphatic carbocycles. The van der Waals surface area contributed by atoms with Gasteiger partial charge < -0.3 is 0 Å². The number of alkyl halides is 1. The van der Waals surface area contributed by atoms with Crippen molar-refractivity contribution < 1.29 is 0 Å². The van der Waals surface area contributed by atoms with E-state index in [0.717, 1.165) is 9.26 Å². The van der Waals surface area contributed by atoms with E-state index in [-0.39, 0.29) is 5.38 Å². The topological polar surface area (TPSA) is 25.8 Å². The smallest absolute Gasteiger partial charge is 0.147 e. The minimum atomic E-state index is -0.206. The largest absolute Gasteiger partial charge is 0.235 e. The quantitative estimate of drug-likeness (QED) is 0.457. The SMILES string of the molecule is CC(C)c1nc(C(C)Cl)nc(Cl)c1I. The summed E-state index contributed by atoms with van der Waals surface area (Å²) in [6.07, 6.45) is 0. The van der Waals surface area contributed by atoms with Crippen molar-refractivity contribution in [2.24, 2.45) is 0 Å². The van der Waals surface area contributed by atoms with Crippen molar-refractivity contribution in [2.45, 2.75) is 32.1 Å². The van der Waals surface area contributed by atoms with Gasteiger partial charge in [-0.1, -0.05) is 25.4 Å². The Bertz CT molecular complexity index is 340. The van der Waals surface area contributed by atoms with Crippen molar-refractivity contribution in [3.8, 4) is 0 Å². The first-order chi connectivity index (χ1) is 6.43. The second-order valence-electron chi connectivity index (χ2n) is 3.34. The van der Waals surface area contributed by atoms with Crippen LogP contribution in [-0.2, 0) is 0 Å². The Balaban J connectivity index is 3.28. The van der Waals surface area contributed by atoms with Crippen LogP contribution < -0.4 is 0 Å². The Morgan fingerprint density at radius 2 is 1.79 bits per heavy atom. The van der Waals surface area contributed by atoms with Crippen LogP contribution in [0.25, 0.3) is 0 Å². The fraction of sp³-hybridized carbons (Fsp3) is 0.556.